The predicted molar refractivity (Wildman–Crippen MR) is 328 cm³/mol. The topological polar surface area (TPSA) is 46.4 Å². The normalized spacial score (nSPS) is 13.7. The summed E-state index contributed by atoms with van der Waals surface area (Å²) < 4.78 is 9.19. The fourth-order valence-corrected chi connectivity index (χ4v) is 11.1. The summed E-state index contributed by atoms with van der Waals surface area (Å²) in [5.41, 5.74) is 18.8. The van der Waals surface area contributed by atoms with E-state index in [1.165, 1.54) is 66.7 Å². The highest BCUT2D eigenvalue weighted by Gasteiger charge is 2.36. The maximum absolute atomic E-state index is 6.92. The Morgan fingerprint density at radius 1 is 0.403 bits per heavy atom. The first kappa shape index (κ1) is 53.2. The maximum atomic E-state index is 6.92. The molecular formula is C71H81N5O. The Hall–Kier alpha value is -7.18. The number of para-hydroxylation sites is 1. The number of nitrogens with zero attached hydrogens (tertiary/aromatic N) is 5. The summed E-state index contributed by atoms with van der Waals surface area (Å²) in [5.74, 6) is 2.40. The molecule has 0 spiro atoms. The number of rotatable bonds is 7. The Balaban J connectivity index is 1.15. The van der Waals surface area contributed by atoms with E-state index in [-0.39, 0.29) is 32.5 Å². The molecule has 77 heavy (non-hydrogen) atoms. The molecule has 6 nitrogen and oxygen atoms in total. The van der Waals surface area contributed by atoms with Gasteiger partial charge in [0, 0.05) is 52.1 Å². The number of aromatic nitrogens is 3. The van der Waals surface area contributed by atoms with E-state index in [2.05, 4.69) is 279 Å². The molecule has 396 valence electrons. The van der Waals surface area contributed by atoms with Gasteiger partial charge in [-0.2, -0.15) is 0 Å². The van der Waals surface area contributed by atoms with Gasteiger partial charge in [-0.1, -0.05) is 185 Å². The first-order chi connectivity index (χ1) is 36.0. The van der Waals surface area contributed by atoms with Crippen molar-refractivity contribution >= 4 is 44.6 Å². The molecule has 1 aliphatic heterocycles. The average molecular weight is 1020 g/mol. The van der Waals surface area contributed by atoms with Gasteiger partial charge >= 0.3 is 0 Å². The highest BCUT2D eigenvalue weighted by atomic mass is 16.5. The number of hydrogen-bond acceptors (Lipinski definition) is 5. The van der Waals surface area contributed by atoms with Crippen LogP contribution in [0, 0.1) is 0 Å². The van der Waals surface area contributed by atoms with Crippen LogP contribution in [-0.4, -0.2) is 21.2 Å². The van der Waals surface area contributed by atoms with Crippen LogP contribution in [0.25, 0.3) is 49.9 Å². The third-order valence-corrected chi connectivity index (χ3v) is 15.7. The SMILES string of the molecule is CC(C)(C)c1ccnc(-n2c3ccccc3c3ccc(Oc4cccc(N5CN(c6c(-c7ccc(C(C)(C)C)cc7C(C)(C)C)cc(C(C)(C)C)cc6-c6ccc(C(C)(C)C)cc6C(C)(C)C)c6cnccc65)c4)cc32)c1. The summed E-state index contributed by atoms with van der Waals surface area (Å²) in [6, 6.07) is 49.6. The Bertz CT molecular complexity index is 3620. The quantitative estimate of drug-likeness (QED) is 0.159. The molecule has 1 aliphatic rings. The molecule has 0 unspecified atom stereocenters. The van der Waals surface area contributed by atoms with Crippen molar-refractivity contribution in [1.29, 1.82) is 0 Å². The van der Waals surface area contributed by atoms with Crippen molar-refractivity contribution in [1.82, 2.24) is 14.5 Å². The number of anilines is 4. The number of pyridine rings is 2. The minimum atomic E-state index is -0.150. The van der Waals surface area contributed by atoms with E-state index in [1.54, 1.807) is 0 Å². The zero-order valence-electron chi connectivity index (χ0n) is 49.3. The lowest BCUT2D eigenvalue weighted by molar-refractivity contribution is 0.483. The van der Waals surface area contributed by atoms with E-state index in [1.807, 2.05) is 12.4 Å². The van der Waals surface area contributed by atoms with E-state index in [9.17, 15) is 0 Å². The van der Waals surface area contributed by atoms with Crippen LogP contribution >= 0.6 is 0 Å². The minimum Gasteiger partial charge on any atom is -0.457 e. The molecule has 0 radical (unpaired) electrons. The van der Waals surface area contributed by atoms with Gasteiger partial charge in [0.2, 0.25) is 0 Å². The predicted octanol–water partition coefficient (Wildman–Crippen LogP) is 19.7. The van der Waals surface area contributed by atoms with Crippen LogP contribution in [0.15, 0.2) is 152 Å². The molecule has 4 heterocycles. The second kappa shape index (κ2) is 18.8. The second-order valence-corrected chi connectivity index (χ2v) is 27.8. The van der Waals surface area contributed by atoms with Crippen LogP contribution in [0.2, 0.25) is 0 Å². The molecule has 6 aromatic carbocycles. The van der Waals surface area contributed by atoms with Crippen LogP contribution in [0.4, 0.5) is 22.7 Å². The fraction of sp³-hybridized carbons (Fsp3) is 0.352. The Morgan fingerprint density at radius 3 is 1.55 bits per heavy atom. The van der Waals surface area contributed by atoms with Crippen molar-refractivity contribution in [3.63, 3.8) is 0 Å². The minimum absolute atomic E-state index is 0.0165. The van der Waals surface area contributed by atoms with Crippen molar-refractivity contribution < 1.29 is 4.74 Å². The van der Waals surface area contributed by atoms with Crippen LogP contribution in [0.1, 0.15) is 158 Å². The van der Waals surface area contributed by atoms with E-state index >= 15 is 0 Å². The molecule has 0 saturated carbocycles. The first-order valence-electron chi connectivity index (χ1n) is 27.7. The number of benzene rings is 6. The Kier molecular flexibility index (Phi) is 13.0. The van der Waals surface area contributed by atoms with Gasteiger partial charge in [0.05, 0.1) is 34.3 Å². The molecule has 3 aromatic heterocycles. The Morgan fingerprint density at radius 2 is 0.961 bits per heavy atom. The van der Waals surface area contributed by atoms with Crippen molar-refractivity contribution in [2.45, 2.75) is 157 Å². The summed E-state index contributed by atoms with van der Waals surface area (Å²) in [6.07, 6.45) is 5.91. The lowest BCUT2D eigenvalue weighted by Gasteiger charge is -2.34. The van der Waals surface area contributed by atoms with Gasteiger partial charge < -0.3 is 14.5 Å². The standard InChI is InChI=1S/C71H81N5O/c1-66(2,3)45-26-29-52(58(38-45)70(13,14)15)56-36-48(69(10,11)12)37-57(53-30-27-46(67(4,5)6)39-59(53)71(16,17)18)65(56)75-44-74(61-33-34-72-43-63(61)75)49-22-21-23-50(41-49)77-51-28-31-55-54-24-19-20-25-60(54)76(62(55)42-51)64-40-47(32-35-73-64)68(7,8)9/h19-43H,44H2,1-18H3. The fourth-order valence-electron chi connectivity index (χ4n) is 11.1. The highest BCUT2D eigenvalue weighted by Crippen LogP contribution is 2.54. The molecule has 0 fully saturated rings. The third-order valence-electron chi connectivity index (χ3n) is 15.7. The van der Waals surface area contributed by atoms with Gasteiger partial charge in [-0.15, -0.1) is 0 Å². The second-order valence-electron chi connectivity index (χ2n) is 27.8. The lowest BCUT2D eigenvalue weighted by atomic mass is 9.74. The molecule has 9 aromatic rings. The van der Waals surface area contributed by atoms with Gasteiger partial charge in [0.25, 0.3) is 0 Å². The number of fused-ring (bicyclic) bond motifs is 4. The lowest BCUT2D eigenvalue weighted by Crippen LogP contribution is -2.26. The number of ether oxygens (including phenoxy) is 1. The molecule has 0 saturated heterocycles. The smallest absolute Gasteiger partial charge is 0.137 e. The third kappa shape index (κ3) is 10.2. The maximum Gasteiger partial charge on any atom is 0.137 e. The van der Waals surface area contributed by atoms with E-state index in [0.29, 0.717) is 6.67 Å². The van der Waals surface area contributed by atoms with Gasteiger partial charge in [-0.05, 0) is 138 Å². The molecule has 0 atom stereocenters. The van der Waals surface area contributed by atoms with Gasteiger partial charge in [-0.25, -0.2) is 4.98 Å². The molecule has 0 amide bonds. The summed E-state index contributed by atoms with van der Waals surface area (Å²) in [5, 5.41) is 2.33. The van der Waals surface area contributed by atoms with Crippen molar-refractivity contribution in [3.8, 4) is 39.6 Å². The van der Waals surface area contributed by atoms with Crippen molar-refractivity contribution in [2.75, 3.05) is 16.5 Å². The summed E-state index contributed by atoms with van der Waals surface area (Å²) >= 11 is 0. The molecule has 0 N–H and O–H groups in total. The largest absolute Gasteiger partial charge is 0.457 e. The summed E-state index contributed by atoms with van der Waals surface area (Å²) in [7, 11) is 0. The van der Waals surface area contributed by atoms with E-state index < -0.39 is 0 Å². The van der Waals surface area contributed by atoms with Crippen LogP contribution in [-0.2, 0) is 32.5 Å². The van der Waals surface area contributed by atoms with Gasteiger partial charge in [-0.3, -0.25) is 9.55 Å². The monoisotopic (exact) mass is 1020 g/mol. The molecule has 0 aliphatic carbocycles. The van der Waals surface area contributed by atoms with Crippen molar-refractivity contribution in [3.05, 3.63) is 185 Å². The average Bonchev–Trinajstić information content (AvgIpc) is 3.98. The van der Waals surface area contributed by atoms with Crippen LogP contribution in [0.3, 0.4) is 0 Å². The zero-order valence-corrected chi connectivity index (χ0v) is 49.3. The molecule has 10 rings (SSSR count). The van der Waals surface area contributed by atoms with Crippen LogP contribution < -0.4 is 14.5 Å². The van der Waals surface area contributed by atoms with E-state index in [0.717, 1.165) is 50.8 Å². The zero-order chi connectivity index (χ0) is 55.4. The molecule has 0 bridgehead atoms. The van der Waals surface area contributed by atoms with Gasteiger partial charge in [0.15, 0.2) is 0 Å². The van der Waals surface area contributed by atoms with Gasteiger partial charge in [0.1, 0.15) is 24.0 Å². The molecule has 6 heteroatoms. The highest BCUT2D eigenvalue weighted by molar-refractivity contribution is 6.09. The van der Waals surface area contributed by atoms with Crippen LogP contribution in [0.5, 0.6) is 11.5 Å². The Labute approximate surface area is 460 Å². The number of hydrogen-bond donors (Lipinski definition) is 0. The van der Waals surface area contributed by atoms with E-state index in [4.69, 9.17) is 14.7 Å². The first-order valence-corrected chi connectivity index (χ1v) is 27.7. The van der Waals surface area contributed by atoms with Crippen molar-refractivity contribution in [2.24, 2.45) is 0 Å². The summed E-state index contributed by atoms with van der Waals surface area (Å²) in [6.45, 7) is 42.4. The summed E-state index contributed by atoms with van der Waals surface area (Å²) in [4.78, 5) is 14.8. The molecular weight excluding hydrogens is 939 g/mol.